The predicted octanol–water partition coefficient (Wildman–Crippen LogP) is 5.00. The molecule has 2 amide bonds. The molecule has 0 spiro atoms. The van der Waals surface area contributed by atoms with Gasteiger partial charge in [-0.2, -0.15) is 0 Å². The summed E-state index contributed by atoms with van der Waals surface area (Å²) in [6, 6.07) is 16.8. The highest BCUT2D eigenvalue weighted by atomic mass is 35.5. The molecule has 4 nitrogen and oxygen atoms in total. The Bertz CT molecular complexity index is 762. The van der Waals surface area contributed by atoms with Crippen molar-refractivity contribution < 1.29 is 9.59 Å². The summed E-state index contributed by atoms with van der Waals surface area (Å²) in [5, 5.41) is 3.62. The van der Waals surface area contributed by atoms with Crippen LogP contribution in [-0.4, -0.2) is 29.3 Å². The Hall–Kier alpha value is -2.33. The van der Waals surface area contributed by atoms with E-state index in [9.17, 15) is 9.59 Å². The fourth-order valence-electron chi connectivity index (χ4n) is 3.14. The zero-order chi connectivity index (χ0) is 21.1. The van der Waals surface area contributed by atoms with E-state index in [-0.39, 0.29) is 11.8 Å². The lowest BCUT2D eigenvalue weighted by atomic mass is 10.1. The number of nitrogens with zero attached hydrogens (tertiary/aromatic N) is 1. The fourth-order valence-corrected chi connectivity index (χ4v) is 3.27. The molecule has 1 N–H and O–H groups in total. The normalized spacial score (nSPS) is 11.7. The summed E-state index contributed by atoms with van der Waals surface area (Å²) in [6.07, 6.45) is 4.16. The van der Waals surface area contributed by atoms with Gasteiger partial charge in [0.1, 0.15) is 6.04 Å². The van der Waals surface area contributed by atoms with Crippen LogP contribution >= 0.6 is 11.6 Å². The first-order chi connectivity index (χ1) is 14.0. The number of nitrogens with one attached hydrogen (secondary N) is 1. The Morgan fingerprint density at radius 3 is 2.34 bits per heavy atom. The van der Waals surface area contributed by atoms with Gasteiger partial charge in [0.15, 0.2) is 0 Å². The topological polar surface area (TPSA) is 49.4 Å². The Balaban J connectivity index is 2.05. The molecule has 0 radical (unpaired) electrons. The number of benzene rings is 2. The maximum absolute atomic E-state index is 13.0. The van der Waals surface area contributed by atoms with E-state index in [2.05, 4.69) is 12.2 Å². The van der Waals surface area contributed by atoms with Crippen LogP contribution in [-0.2, 0) is 22.6 Å². The van der Waals surface area contributed by atoms with Crippen molar-refractivity contribution in [3.8, 4) is 0 Å². The number of amides is 2. The summed E-state index contributed by atoms with van der Waals surface area (Å²) in [7, 11) is 0. The molecule has 0 aliphatic carbocycles. The predicted molar refractivity (Wildman–Crippen MR) is 119 cm³/mol. The van der Waals surface area contributed by atoms with Crippen LogP contribution in [0, 0.1) is 0 Å². The molecule has 2 aromatic rings. The molecule has 1 atom stereocenters. The van der Waals surface area contributed by atoms with Crippen molar-refractivity contribution in [3.63, 3.8) is 0 Å². The summed E-state index contributed by atoms with van der Waals surface area (Å²) in [5.74, 6) is -0.136. The van der Waals surface area contributed by atoms with Crippen LogP contribution in [0.2, 0.25) is 5.02 Å². The maximum atomic E-state index is 13.0. The molecule has 0 bridgehead atoms. The van der Waals surface area contributed by atoms with Crippen molar-refractivity contribution in [2.45, 2.75) is 58.5 Å². The summed E-state index contributed by atoms with van der Waals surface area (Å²) >= 11 is 5.98. The number of carbonyl (C=O) groups excluding carboxylic acids is 2. The first-order valence-corrected chi connectivity index (χ1v) is 10.7. The highest BCUT2D eigenvalue weighted by Crippen LogP contribution is 2.15. The third-order valence-corrected chi connectivity index (χ3v) is 5.24. The fraction of sp³-hybridized carbons (Fsp3) is 0.417. The van der Waals surface area contributed by atoms with E-state index in [1.165, 1.54) is 0 Å². The van der Waals surface area contributed by atoms with Crippen LogP contribution in [0.15, 0.2) is 54.6 Å². The van der Waals surface area contributed by atoms with E-state index in [1.54, 1.807) is 24.0 Å². The molecule has 29 heavy (non-hydrogen) atoms. The van der Waals surface area contributed by atoms with Gasteiger partial charge in [-0.05, 0) is 43.0 Å². The van der Waals surface area contributed by atoms with Crippen molar-refractivity contribution in [1.29, 1.82) is 0 Å². The molecule has 0 unspecified atom stereocenters. The number of aryl methyl sites for hydroxylation is 1. The zero-order valence-corrected chi connectivity index (χ0v) is 18.1. The summed E-state index contributed by atoms with van der Waals surface area (Å²) < 4.78 is 0. The minimum absolute atomic E-state index is 0.0278. The van der Waals surface area contributed by atoms with Crippen molar-refractivity contribution in [2.75, 3.05) is 6.54 Å². The molecule has 0 fully saturated rings. The van der Waals surface area contributed by atoms with Crippen LogP contribution < -0.4 is 5.32 Å². The first-order valence-electron chi connectivity index (χ1n) is 10.4. The highest BCUT2D eigenvalue weighted by molar-refractivity contribution is 6.30. The number of hydrogen-bond acceptors (Lipinski definition) is 2. The van der Waals surface area contributed by atoms with Gasteiger partial charge in [-0.3, -0.25) is 9.59 Å². The molecule has 0 aromatic heterocycles. The van der Waals surface area contributed by atoms with Gasteiger partial charge in [-0.1, -0.05) is 73.8 Å². The van der Waals surface area contributed by atoms with Crippen molar-refractivity contribution in [1.82, 2.24) is 10.2 Å². The van der Waals surface area contributed by atoms with Gasteiger partial charge in [-0.25, -0.2) is 0 Å². The van der Waals surface area contributed by atoms with Crippen molar-refractivity contribution >= 4 is 23.4 Å². The number of hydrogen-bond donors (Lipinski definition) is 1. The van der Waals surface area contributed by atoms with E-state index < -0.39 is 6.04 Å². The Morgan fingerprint density at radius 1 is 1.00 bits per heavy atom. The SMILES string of the molecule is CCCCCNC(=O)[C@@H](C)N(Cc1ccc(Cl)cc1)C(=O)CCc1ccccc1. The molecule has 0 saturated carbocycles. The summed E-state index contributed by atoms with van der Waals surface area (Å²) in [6.45, 7) is 4.95. The maximum Gasteiger partial charge on any atom is 0.242 e. The van der Waals surface area contributed by atoms with Crippen LogP contribution in [0.4, 0.5) is 0 Å². The van der Waals surface area contributed by atoms with Gasteiger partial charge in [0.25, 0.3) is 0 Å². The van der Waals surface area contributed by atoms with Gasteiger partial charge in [0.2, 0.25) is 11.8 Å². The summed E-state index contributed by atoms with van der Waals surface area (Å²) in [5.41, 5.74) is 2.07. The Morgan fingerprint density at radius 2 is 1.69 bits per heavy atom. The smallest absolute Gasteiger partial charge is 0.242 e. The second-order valence-corrected chi connectivity index (χ2v) is 7.74. The lowest BCUT2D eigenvalue weighted by molar-refractivity contribution is -0.140. The van der Waals surface area contributed by atoms with Gasteiger partial charge in [-0.15, -0.1) is 0 Å². The number of unbranched alkanes of at least 4 members (excludes halogenated alkanes) is 2. The quantitative estimate of drug-likeness (QED) is 0.526. The van der Waals surface area contributed by atoms with Crippen molar-refractivity contribution in [2.24, 2.45) is 0 Å². The van der Waals surface area contributed by atoms with Crippen LogP contribution in [0.25, 0.3) is 0 Å². The molecule has 2 rings (SSSR count). The van der Waals surface area contributed by atoms with E-state index in [4.69, 9.17) is 11.6 Å². The number of carbonyl (C=O) groups is 2. The average molecular weight is 415 g/mol. The van der Waals surface area contributed by atoms with E-state index in [1.807, 2.05) is 42.5 Å². The third kappa shape index (κ3) is 7.90. The Kier molecular flexibility index (Phi) is 9.72. The standard InChI is InChI=1S/C24H31ClN2O2/c1-3-4-8-17-26-24(29)19(2)27(18-21-11-14-22(25)15-12-21)23(28)16-13-20-9-6-5-7-10-20/h5-7,9-12,14-15,19H,3-4,8,13,16-18H2,1-2H3,(H,26,29)/t19-/m1/s1. The molecule has 0 saturated heterocycles. The average Bonchev–Trinajstić information content (AvgIpc) is 2.74. The minimum Gasteiger partial charge on any atom is -0.354 e. The molecule has 0 heterocycles. The molecule has 2 aromatic carbocycles. The molecule has 5 heteroatoms. The lowest BCUT2D eigenvalue weighted by Gasteiger charge is -2.29. The van der Waals surface area contributed by atoms with E-state index >= 15 is 0 Å². The van der Waals surface area contributed by atoms with Gasteiger partial charge in [0, 0.05) is 24.5 Å². The first kappa shape index (κ1) is 23.0. The molecule has 0 aliphatic rings. The number of rotatable bonds is 11. The molecular weight excluding hydrogens is 384 g/mol. The lowest BCUT2D eigenvalue weighted by Crippen LogP contribution is -2.47. The van der Waals surface area contributed by atoms with Gasteiger partial charge in [0.05, 0.1) is 0 Å². The van der Waals surface area contributed by atoms with Gasteiger partial charge < -0.3 is 10.2 Å². The largest absolute Gasteiger partial charge is 0.354 e. The Labute approximate surface area is 179 Å². The monoisotopic (exact) mass is 414 g/mol. The van der Waals surface area contributed by atoms with Gasteiger partial charge >= 0.3 is 0 Å². The summed E-state index contributed by atoms with van der Waals surface area (Å²) in [4.78, 5) is 27.3. The number of halogens is 1. The second kappa shape index (κ2) is 12.3. The van der Waals surface area contributed by atoms with Crippen LogP contribution in [0.5, 0.6) is 0 Å². The molecule has 0 aliphatic heterocycles. The van der Waals surface area contributed by atoms with Crippen molar-refractivity contribution in [3.05, 3.63) is 70.7 Å². The molecule has 156 valence electrons. The van der Waals surface area contributed by atoms with E-state index in [0.717, 1.165) is 30.4 Å². The van der Waals surface area contributed by atoms with E-state index in [0.29, 0.717) is 31.0 Å². The molecular formula is C24H31ClN2O2. The third-order valence-electron chi connectivity index (χ3n) is 4.98. The van der Waals surface area contributed by atoms with Crippen LogP contribution in [0.1, 0.15) is 50.7 Å². The van der Waals surface area contributed by atoms with Crippen LogP contribution in [0.3, 0.4) is 0 Å². The second-order valence-electron chi connectivity index (χ2n) is 7.31. The highest BCUT2D eigenvalue weighted by Gasteiger charge is 2.25. The zero-order valence-electron chi connectivity index (χ0n) is 17.4. The minimum atomic E-state index is -0.532.